The number of hydrogen-bond donors (Lipinski definition) is 1. The van der Waals surface area contributed by atoms with Crippen LogP contribution in [0.1, 0.15) is 33.1 Å². The Labute approximate surface area is 202 Å². The smallest absolute Gasteiger partial charge is 0.161 e. The summed E-state index contributed by atoms with van der Waals surface area (Å²) in [6.07, 6.45) is -3.04. The van der Waals surface area contributed by atoms with Crippen molar-refractivity contribution in [2.45, 2.75) is 26.2 Å². The molecule has 168 valence electrons. The number of β-amino-alcohol motifs (C(OH)–C–C–N with tert-alkyl or cyclic N) is 1. The minimum Gasteiger partial charge on any atom is -0.493 e. The SMILES string of the molecule is [2H]c1c([2H])c(C([2H])([2H])[2H])c(CC(=O)C([2H])([2H])N2CCN(CC([2H])(O)COc3ccccc3OC)CC2)c(C([2H])([2H])[2H])c1[2H]. The number of carbonyl (C=O) groups excluding carboxylic acids is 1. The van der Waals surface area contributed by atoms with Crippen molar-refractivity contribution in [1.82, 2.24) is 9.80 Å². The number of ether oxygens (including phenoxy) is 2. The summed E-state index contributed by atoms with van der Waals surface area (Å²) >= 11 is 0. The van der Waals surface area contributed by atoms with Crippen LogP contribution in [0.5, 0.6) is 11.5 Å². The second kappa shape index (κ2) is 11.3. The molecule has 1 heterocycles. The topological polar surface area (TPSA) is 62.2 Å². The molecule has 2 aromatic rings. The largest absolute Gasteiger partial charge is 0.493 e. The fourth-order valence-electron chi connectivity index (χ4n) is 3.21. The Balaban J connectivity index is 1.74. The maximum absolute atomic E-state index is 13.3. The van der Waals surface area contributed by atoms with E-state index < -0.39 is 73.3 Å². The number of ketones is 1. The number of Topliss-reactive ketones (excluding diaryl/α,β-unsaturated/α-hetero) is 1. The zero-order chi connectivity index (χ0) is 32.5. The van der Waals surface area contributed by atoms with E-state index in [1.807, 2.05) is 0 Å². The molecule has 6 nitrogen and oxygen atoms in total. The third-order valence-corrected chi connectivity index (χ3v) is 4.84. The molecule has 0 aromatic heterocycles. The third-order valence-electron chi connectivity index (χ3n) is 4.84. The minimum atomic E-state index is -3.10. The molecule has 1 aliphatic heterocycles. The van der Waals surface area contributed by atoms with Crippen LogP contribution >= 0.6 is 0 Å². The van der Waals surface area contributed by atoms with Crippen LogP contribution in [0.15, 0.2) is 42.4 Å². The van der Waals surface area contributed by atoms with Gasteiger partial charge >= 0.3 is 0 Å². The lowest BCUT2D eigenvalue weighted by molar-refractivity contribution is -0.120. The molecule has 1 N–H and O–H groups in total. The maximum Gasteiger partial charge on any atom is 0.161 e. The molecule has 6 heteroatoms. The first-order valence-corrected chi connectivity index (χ1v) is 9.83. The molecular formula is C25H34N2O4. The first kappa shape index (κ1) is 12.0. The Hall–Kier alpha value is -2.41. The lowest BCUT2D eigenvalue weighted by Crippen LogP contribution is -2.50. The Kier molecular flexibility index (Phi) is 4.36. The quantitative estimate of drug-likeness (QED) is 0.615. The summed E-state index contributed by atoms with van der Waals surface area (Å²) in [6.45, 7) is -9.12. The van der Waals surface area contributed by atoms with Gasteiger partial charge in [0.2, 0.25) is 0 Å². The Morgan fingerprint density at radius 2 is 1.84 bits per heavy atom. The van der Waals surface area contributed by atoms with Gasteiger partial charge in [0.05, 0.1) is 21.8 Å². The summed E-state index contributed by atoms with van der Waals surface area (Å²) in [7, 11) is 1.46. The first-order chi connectivity index (χ1) is 19.7. The molecule has 0 bridgehead atoms. The number of rotatable bonds is 10. The molecule has 0 saturated carbocycles. The van der Waals surface area contributed by atoms with Gasteiger partial charge in [-0.3, -0.25) is 14.6 Å². The van der Waals surface area contributed by atoms with E-state index in [0.717, 1.165) is 0 Å². The van der Waals surface area contributed by atoms with Crippen LogP contribution in [0.4, 0.5) is 0 Å². The zero-order valence-electron chi connectivity index (χ0n) is 29.3. The molecule has 0 aliphatic carbocycles. The fraction of sp³-hybridized carbons (Fsp3) is 0.480. The summed E-state index contributed by atoms with van der Waals surface area (Å²) in [4.78, 5) is 16.2. The molecule has 1 saturated heterocycles. The van der Waals surface area contributed by atoms with E-state index in [-0.39, 0.29) is 39.3 Å². The Bertz CT molecular complexity index is 1280. The Morgan fingerprint density at radius 3 is 2.48 bits per heavy atom. The summed E-state index contributed by atoms with van der Waals surface area (Å²) < 4.78 is 107. The van der Waals surface area contributed by atoms with Gasteiger partial charge in [-0.15, -0.1) is 0 Å². The van der Waals surface area contributed by atoms with Gasteiger partial charge in [0, 0.05) is 47.4 Å². The highest BCUT2D eigenvalue weighted by atomic mass is 16.5. The van der Waals surface area contributed by atoms with Crippen molar-refractivity contribution in [2.24, 2.45) is 0 Å². The second-order valence-corrected chi connectivity index (χ2v) is 7.08. The third kappa shape index (κ3) is 6.79. The highest BCUT2D eigenvalue weighted by Crippen LogP contribution is 2.25. The maximum atomic E-state index is 13.3. The standard InChI is InChI=1S/C25H34N2O4/c1-19-7-6-8-20(2)23(19)15-21(28)16-26-11-13-27(14-12-26)17-22(29)18-31-25-10-5-4-9-24(25)30-3/h4-10,22,29H,11-18H2,1-3H3/i1D3,2D3,6D,7D,8D,16D2,22D. The van der Waals surface area contributed by atoms with Gasteiger partial charge in [0.25, 0.3) is 0 Å². The van der Waals surface area contributed by atoms with Crippen molar-refractivity contribution < 1.29 is 35.8 Å². The van der Waals surface area contributed by atoms with Crippen LogP contribution in [-0.4, -0.2) is 79.7 Å². The minimum absolute atomic E-state index is 0.0144. The van der Waals surface area contributed by atoms with Crippen LogP contribution in [0.2, 0.25) is 0 Å². The van der Waals surface area contributed by atoms with E-state index in [1.54, 1.807) is 29.2 Å². The number of aliphatic hydroxyl groups is 1. The van der Waals surface area contributed by atoms with Crippen molar-refractivity contribution in [1.29, 1.82) is 0 Å². The molecule has 0 spiro atoms. The average Bonchev–Trinajstić information content (AvgIpc) is 2.89. The highest BCUT2D eigenvalue weighted by Gasteiger charge is 2.21. The van der Waals surface area contributed by atoms with Gasteiger partial charge in [-0.2, -0.15) is 0 Å². The van der Waals surface area contributed by atoms with Gasteiger partial charge in [0.15, 0.2) is 17.3 Å². The number of piperazine rings is 1. The van der Waals surface area contributed by atoms with Gasteiger partial charge in [-0.25, -0.2) is 0 Å². The number of carbonyl (C=O) groups is 1. The number of nitrogens with zero attached hydrogens (tertiary/aromatic N) is 2. The van der Waals surface area contributed by atoms with Crippen molar-refractivity contribution in [3.63, 3.8) is 0 Å². The molecule has 1 unspecified atom stereocenters. The molecule has 1 fully saturated rings. The van der Waals surface area contributed by atoms with Gasteiger partial charge < -0.3 is 14.6 Å². The molecule has 0 radical (unpaired) electrons. The summed E-state index contributed by atoms with van der Waals surface area (Å²) in [6, 6.07) is 4.03. The molecule has 1 aliphatic rings. The first-order valence-electron chi connectivity index (χ1n) is 15.8. The predicted molar refractivity (Wildman–Crippen MR) is 122 cm³/mol. The lowest BCUT2D eigenvalue weighted by atomic mass is 9.98. The van der Waals surface area contributed by atoms with Crippen LogP contribution in [0.25, 0.3) is 0 Å². The van der Waals surface area contributed by atoms with Crippen LogP contribution in [0.3, 0.4) is 0 Å². The predicted octanol–water partition coefficient (Wildman–Crippen LogP) is 2.48. The highest BCUT2D eigenvalue weighted by molar-refractivity contribution is 5.83. The number of benzene rings is 2. The van der Waals surface area contributed by atoms with Crippen molar-refractivity contribution in [3.05, 3.63) is 59.1 Å². The van der Waals surface area contributed by atoms with Gasteiger partial charge in [-0.05, 0) is 42.5 Å². The molecule has 0 amide bonds. The van der Waals surface area contributed by atoms with E-state index in [4.69, 9.17) is 25.9 Å². The number of para-hydroxylation sites is 2. The van der Waals surface area contributed by atoms with Crippen LogP contribution < -0.4 is 9.47 Å². The van der Waals surface area contributed by atoms with Crippen LogP contribution in [0, 0.1) is 13.7 Å². The molecule has 3 rings (SSSR count). The van der Waals surface area contributed by atoms with Gasteiger partial charge in [-0.1, -0.05) is 30.3 Å². The zero-order valence-corrected chi connectivity index (χ0v) is 17.3. The fourth-order valence-corrected chi connectivity index (χ4v) is 3.21. The van der Waals surface area contributed by atoms with Crippen molar-refractivity contribution >= 4 is 5.78 Å². The van der Waals surface area contributed by atoms with Crippen molar-refractivity contribution in [2.75, 3.05) is 52.9 Å². The molecule has 2 aromatic carbocycles. The normalized spacial score (nSPS) is 24.1. The van der Waals surface area contributed by atoms with E-state index in [9.17, 15) is 9.90 Å². The van der Waals surface area contributed by atoms with Crippen molar-refractivity contribution in [3.8, 4) is 11.5 Å². The number of methoxy groups -OCH3 is 1. The average molecular weight is 439 g/mol. The van der Waals surface area contributed by atoms with E-state index >= 15 is 0 Å². The molecular weight excluding hydrogens is 392 g/mol. The lowest BCUT2D eigenvalue weighted by Gasteiger charge is -2.35. The monoisotopic (exact) mass is 438 g/mol. The second-order valence-electron chi connectivity index (χ2n) is 7.08. The van der Waals surface area contributed by atoms with E-state index in [0.29, 0.717) is 11.5 Å². The van der Waals surface area contributed by atoms with E-state index in [2.05, 4.69) is 0 Å². The van der Waals surface area contributed by atoms with E-state index in [1.165, 1.54) is 12.0 Å². The molecule has 31 heavy (non-hydrogen) atoms. The Morgan fingerprint density at radius 1 is 1.19 bits per heavy atom. The number of hydrogen-bond acceptors (Lipinski definition) is 6. The van der Waals surface area contributed by atoms with Crippen LogP contribution in [-0.2, 0) is 11.2 Å². The summed E-state index contributed by atoms with van der Waals surface area (Å²) in [5.74, 6) is -0.386. The molecule has 1 atom stereocenters. The van der Waals surface area contributed by atoms with Gasteiger partial charge in [0.1, 0.15) is 12.7 Å². The summed E-state index contributed by atoms with van der Waals surface area (Å²) in [5.41, 5.74) is -2.38. The summed E-state index contributed by atoms with van der Waals surface area (Å²) in [5, 5.41) is 10.6.